The Kier molecular flexibility index (Phi) is 6.53. The lowest BCUT2D eigenvalue weighted by atomic mass is 9.93. The summed E-state index contributed by atoms with van der Waals surface area (Å²) in [6.45, 7) is 4.11. The van der Waals surface area contributed by atoms with Crippen LogP contribution in [0.4, 0.5) is 4.39 Å². The summed E-state index contributed by atoms with van der Waals surface area (Å²) in [5.41, 5.74) is 3.65. The van der Waals surface area contributed by atoms with E-state index in [1.807, 2.05) is 55.9 Å². The van der Waals surface area contributed by atoms with Gasteiger partial charge in [0.25, 0.3) is 11.7 Å². The van der Waals surface area contributed by atoms with E-state index < -0.39 is 17.7 Å². The van der Waals surface area contributed by atoms with Gasteiger partial charge in [-0.15, -0.1) is 0 Å². The Hall–Kier alpha value is -4.39. The van der Waals surface area contributed by atoms with E-state index in [2.05, 4.69) is 0 Å². The minimum Gasteiger partial charge on any atom is -0.507 e. The van der Waals surface area contributed by atoms with Crippen molar-refractivity contribution in [3.63, 3.8) is 0 Å². The van der Waals surface area contributed by atoms with Gasteiger partial charge in [0.1, 0.15) is 17.3 Å². The average molecular weight is 513 g/mol. The number of rotatable bonds is 6. The molecule has 1 saturated heterocycles. The van der Waals surface area contributed by atoms with Crippen molar-refractivity contribution >= 4 is 28.4 Å². The van der Waals surface area contributed by atoms with Crippen LogP contribution < -0.4 is 4.74 Å². The minimum atomic E-state index is -0.837. The lowest BCUT2D eigenvalue weighted by molar-refractivity contribution is -0.140. The normalized spacial score (nSPS) is 17.1. The van der Waals surface area contributed by atoms with Gasteiger partial charge in [0, 0.05) is 41.8 Å². The van der Waals surface area contributed by atoms with Gasteiger partial charge in [0.2, 0.25) is 0 Å². The third-order valence-electron chi connectivity index (χ3n) is 7.15. The van der Waals surface area contributed by atoms with Gasteiger partial charge in [0.05, 0.1) is 18.7 Å². The van der Waals surface area contributed by atoms with Gasteiger partial charge in [-0.25, -0.2) is 4.39 Å². The first-order chi connectivity index (χ1) is 18.2. The molecule has 0 spiro atoms. The predicted molar refractivity (Wildman–Crippen MR) is 144 cm³/mol. The summed E-state index contributed by atoms with van der Waals surface area (Å²) in [7, 11) is 3.48. The second-order valence-corrected chi connectivity index (χ2v) is 9.88. The van der Waals surface area contributed by atoms with E-state index in [9.17, 15) is 19.1 Å². The van der Waals surface area contributed by atoms with Gasteiger partial charge < -0.3 is 19.3 Å². The van der Waals surface area contributed by atoms with Crippen molar-refractivity contribution in [1.29, 1.82) is 0 Å². The van der Waals surface area contributed by atoms with E-state index in [0.717, 1.165) is 22.0 Å². The molecule has 1 unspecified atom stereocenters. The maximum Gasteiger partial charge on any atom is 0.295 e. The number of hydrogen-bond donors (Lipinski definition) is 1. The van der Waals surface area contributed by atoms with Gasteiger partial charge in [0.15, 0.2) is 0 Å². The molecule has 1 N–H and O–H groups in total. The summed E-state index contributed by atoms with van der Waals surface area (Å²) >= 11 is 0. The molecular formula is C31H29FN2O4. The Morgan fingerprint density at radius 3 is 2.45 bits per heavy atom. The van der Waals surface area contributed by atoms with Crippen LogP contribution in [0.3, 0.4) is 0 Å². The fraction of sp³-hybridized carbons (Fsp3) is 0.226. The van der Waals surface area contributed by atoms with Crippen LogP contribution in [0.1, 0.15) is 48.1 Å². The molecule has 5 rings (SSSR count). The molecule has 4 aromatic rings. The van der Waals surface area contributed by atoms with Crippen LogP contribution >= 0.6 is 0 Å². The SMILES string of the molecule is COc1ccc(/C(O)=C2\C(=O)C(=O)N(Cc3ccc(F)cc3)C2c2cn(C)c3ccccc23)cc1C(C)C. The number of methoxy groups -OCH3 is 1. The standard InChI is InChI=1S/C31H29FN2O4/c1-18(2)23-15-20(11-14-26(23)38-4)29(35)27-28(24-17-33(3)25-8-6-5-7-22(24)25)34(31(37)30(27)36)16-19-9-12-21(32)13-10-19/h5-15,17-18,28,35H,16H2,1-4H3/b29-27+. The monoisotopic (exact) mass is 512 g/mol. The Morgan fingerprint density at radius 1 is 1.05 bits per heavy atom. The summed E-state index contributed by atoms with van der Waals surface area (Å²) in [5.74, 6) is -1.32. The number of Topliss-reactive ketones (excluding diaryl/α,β-unsaturated/α-hetero) is 1. The molecule has 7 heteroatoms. The van der Waals surface area contributed by atoms with Crippen molar-refractivity contribution in [2.75, 3.05) is 7.11 Å². The zero-order chi connectivity index (χ0) is 27.1. The first-order valence-electron chi connectivity index (χ1n) is 12.5. The number of carbonyl (C=O) groups is 2. The lowest BCUT2D eigenvalue weighted by Crippen LogP contribution is -2.29. The number of benzene rings is 3. The van der Waals surface area contributed by atoms with Gasteiger partial charge in [-0.2, -0.15) is 0 Å². The number of nitrogens with zero attached hydrogens (tertiary/aromatic N) is 2. The number of hydrogen-bond acceptors (Lipinski definition) is 4. The van der Waals surface area contributed by atoms with E-state index in [-0.39, 0.29) is 29.6 Å². The number of aryl methyl sites for hydroxylation is 1. The maximum atomic E-state index is 13.6. The van der Waals surface area contributed by atoms with Crippen LogP contribution in [0.15, 0.2) is 78.5 Å². The molecule has 6 nitrogen and oxygen atoms in total. The first-order valence-corrected chi connectivity index (χ1v) is 12.5. The number of fused-ring (bicyclic) bond motifs is 1. The molecule has 0 bridgehead atoms. The molecule has 1 aromatic heterocycles. The number of para-hydroxylation sites is 1. The number of aromatic nitrogens is 1. The highest BCUT2D eigenvalue weighted by Gasteiger charge is 2.47. The number of aliphatic hydroxyl groups excluding tert-OH is 1. The largest absolute Gasteiger partial charge is 0.507 e. The Bertz CT molecular complexity index is 1580. The lowest BCUT2D eigenvalue weighted by Gasteiger charge is -2.25. The van der Waals surface area contributed by atoms with Crippen LogP contribution in [0, 0.1) is 5.82 Å². The Balaban J connectivity index is 1.72. The number of halogens is 1. The van der Waals surface area contributed by atoms with Gasteiger partial charge in [-0.1, -0.05) is 44.2 Å². The quantitative estimate of drug-likeness (QED) is 0.193. The molecule has 3 aromatic carbocycles. The van der Waals surface area contributed by atoms with E-state index in [4.69, 9.17) is 4.74 Å². The van der Waals surface area contributed by atoms with Gasteiger partial charge in [-0.05, 0) is 53.4 Å². The van der Waals surface area contributed by atoms with Crippen LogP contribution in [0.5, 0.6) is 5.75 Å². The fourth-order valence-corrected chi connectivity index (χ4v) is 5.23. The summed E-state index contributed by atoms with van der Waals surface area (Å²) in [6.07, 6.45) is 1.89. The molecule has 38 heavy (non-hydrogen) atoms. The summed E-state index contributed by atoms with van der Waals surface area (Å²) in [6, 6.07) is 18.0. The third-order valence-corrected chi connectivity index (χ3v) is 7.15. The van der Waals surface area contributed by atoms with E-state index >= 15 is 0 Å². The number of aliphatic hydroxyl groups is 1. The fourth-order valence-electron chi connectivity index (χ4n) is 5.23. The van der Waals surface area contributed by atoms with Crippen molar-refractivity contribution in [2.24, 2.45) is 7.05 Å². The molecule has 0 aliphatic carbocycles. The van der Waals surface area contributed by atoms with Crippen LogP contribution in [-0.2, 0) is 23.2 Å². The topological polar surface area (TPSA) is 71.8 Å². The molecule has 2 heterocycles. The maximum absolute atomic E-state index is 13.6. The Labute approximate surface area is 220 Å². The molecule has 1 amide bonds. The van der Waals surface area contributed by atoms with Gasteiger partial charge >= 0.3 is 0 Å². The third kappa shape index (κ3) is 4.24. The molecule has 1 aliphatic heterocycles. The van der Waals surface area contributed by atoms with E-state index in [1.54, 1.807) is 37.4 Å². The highest BCUT2D eigenvalue weighted by atomic mass is 19.1. The second kappa shape index (κ2) is 9.82. The highest BCUT2D eigenvalue weighted by Crippen LogP contribution is 2.43. The van der Waals surface area contributed by atoms with Crippen molar-refractivity contribution in [3.8, 4) is 5.75 Å². The van der Waals surface area contributed by atoms with Crippen LogP contribution in [0.25, 0.3) is 16.7 Å². The molecule has 1 aliphatic rings. The molecule has 1 fully saturated rings. The molecule has 1 atom stereocenters. The number of ketones is 1. The molecule has 194 valence electrons. The van der Waals surface area contributed by atoms with Crippen LogP contribution in [0.2, 0.25) is 0 Å². The zero-order valence-electron chi connectivity index (χ0n) is 21.7. The number of likely N-dealkylation sites (tertiary alicyclic amines) is 1. The second-order valence-electron chi connectivity index (χ2n) is 9.88. The average Bonchev–Trinajstić information content (AvgIpc) is 3.37. The number of carbonyl (C=O) groups excluding carboxylic acids is 2. The van der Waals surface area contributed by atoms with Crippen molar-refractivity contribution < 1.29 is 23.8 Å². The molecule has 0 radical (unpaired) electrons. The molecule has 0 saturated carbocycles. The summed E-state index contributed by atoms with van der Waals surface area (Å²) < 4.78 is 21.0. The predicted octanol–water partition coefficient (Wildman–Crippen LogP) is 6.07. The highest BCUT2D eigenvalue weighted by molar-refractivity contribution is 6.46. The van der Waals surface area contributed by atoms with Crippen molar-refractivity contribution in [2.45, 2.75) is 32.4 Å². The van der Waals surface area contributed by atoms with Crippen molar-refractivity contribution in [1.82, 2.24) is 9.47 Å². The number of ether oxygens (including phenoxy) is 1. The smallest absolute Gasteiger partial charge is 0.295 e. The first kappa shape index (κ1) is 25.3. The summed E-state index contributed by atoms with van der Waals surface area (Å²) in [5, 5.41) is 12.5. The van der Waals surface area contributed by atoms with E-state index in [1.165, 1.54) is 17.0 Å². The molecular weight excluding hydrogens is 483 g/mol. The van der Waals surface area contributed by atoms with E-state index in [0.29, 0.717) is 16.9 Å². The zero-order valence-corrected chi connectivity index (χ0v) is 21.7. The number of amides is 1. The minimum absolute atomic E-state index is 0.0216. The van der Waals surface area contributed by atoms with Crippen LogP contribution in [-0.4, -0.2) is 33.4 Å². The summed E-state index contributed by atoms with van der Waals surface area (Å²) in [4.78, 5) is 28.5. The Morgan fingerprint density at radius 2 is 1.76 bits per heavy atom. The van der Waals surface area contributed by atoms with Crippen molar-refractivity contribution in [3.05, 3.63) is 107 Å². The van der Waals surface area contributed by atoms with Gasteiger partial charge in [-0.3, -0.25) is 9.59 Å².